The first-order chi connectivity index (χ1) is 8.50. The lowest BCUT2D eigenvalue weighted by atomic mass is 10.1. The fourth-order valence-corrected chi connectivity index (χ4v) is 1.96. The lowest BCUT2D eigenvalue weighted by molar-refractivity contribution is 0.0941. The van der Waals surface area contributed by atoms with Crippen LogP contribution in [0.3, 0.4) is 0 Å². The Balaban J connectivity index is 2.58. The first-order valence-electron chi connectivity index (χ1n) is 5.92. The number of carbonyl (C=O) groups excluding carboxylic acids is 2. The summed E-state index contributed by atoms with van der Waals surface area (Å²) >= 11 is 0. The van der Waals surface area contributed by atoms with E-state index in [1.807, 2.05) is 38.1 Å². The summed E-state index contributed by atoms with van der Waals surface area (Å²) < 4.78 is 1.50. The molecule has 0 aliphatic rings. The van der Waals surface area contributed by atoms with E-state index in [2.05, 4.69) is 5.32 Å². The highest BCUT2D eigenvalue weighted by atomic mass is 16.2. The van der Waals surface area contributed by atoms with Crippen LogP contribution in [0.1, 0.15) is 35.9 Å². The van der Waals surface area contributed by atoms with Crippen LogP contribution in [0.4, 0.5) is 0 Å². The molecule has 1 aromatic heterocycles. The number of rotatable bonds is 2. The number of hydrogen-bond acceptors (Lipinski definition) is 2. The van der Waals surface area contributed by atoms with Crippen LogP contribution in [0, 0.1) is 0 Å². The van der Waals surface area contributed by atoms with Gasteiger partial charge in [-0.2, -0.15) is 0 Å². The summed E-state index contributed by atoms with van der Waals surface area (Å²) in [4.78, 5) is 23.6. The molecule has 1 aromatic carbocycles. The van der Waals surface area contributed by atoms with Crippen molar-refractivity contribution < 1.29 is 9.59 Å². The van der Waals surface area contributed by atoms with Crippen LogP contribution in [0.5, 0.6) is 0 Å². The van der Waals surface area contributed by atoms with E-state index in [1.165, 1.54) is 11.5 Å². The predicted molar refractivity (Wildman–Crippen MR) is 70.8 cm³/mol. The molecule has 0 unspecified atom stereocenters. The monoisotopic (exact) mass is 244 g/mol. The van der Waals surface area contributed by atoms with Crippen molar-refractivity contribution >= 4 is 22.7 Å². The van der Waals surface area contributed by atoms with E-state index in [0.717, 1.165) is 10.9 Å². The molecule has 4 nitrogen and oxygen atoms in total. The van der Waals surface area contributed by atoms with Crippen LogP contribution in [-0.4, -0.2) is 22.4 Å². The van der Waals surface area contributed by atoms with Crippen molar-refractivity contribution in [2.24, 2.45) is 0 Å². The van der Waals surface area contributed by atoms with Crippen LogP contribution in [0.2, 0.25) is 0 Å². The van der Waals surface area contributed by atoms with E-state index >= 15 is 0 Å². The molecule has 94 valence electrons. The highest BCUT2D eigenvalue weighted by Gasteiger charge is 2.16. The Kier molecular flexibility index (Phi) is 3.19. The SMILES string of the molecule is CC(=O)n1cc(C(=O)NC(C)C)c2ccccc21. The van der Waals surface area contributed by atoms with E-state index in [0.29, 0.717) is 5.56 Å². The highest BCUT2D eigenvalue weighted by molar-refractivity contribution is 6.09. The van der Waals surface area contributed by atoms with Crippen LogP contribution in [0.25, 0.3) is 10.9 Å². The molecule has 4 heteroatoms. The van der Waals surface area contributed by atoms with Crippen LogP contribution < -0.4 is 5.32 Å². The number of para-hydroxylation sites is 1. The summed E-state index contributed by atoms with van der Waals surface area (Å²) in [7, 11) is 0. The Bertz CT molecular complexity index is 611. The number of nitrogens with one attached hydrogen (secondary N) is 1. The number of nitrogens with zero attached hydrogens (tertiary/aromatic N) is 1. The Morgan fingerprint density at radius 2 is 1.89 bits per heavy atom. The van der Waals surface area contributed by atoms with Gasteiger partial charge in [0.15, 0.2) is 0 Å². The normalized spacial score (nSPS) is 10.9. The van der Waals surface area contributed by atoms with Crippen molar-refractivity contribution in [1.82, 2.24) is 9.88 Å². The molecule has 0 atom stereocenters. The molecular formula is C14H16N2O2. The maximum Gasteiger partial charge on any atom is 0.253 e. The van der Waals surface area contributed by atoms with Crippen molar-refractivity contribution in [2.45, 2.75) is 26.8 Å². The van der Waals surface area contributed by atoms with E-state index in [1.54, 1.807) is 6.20 Å². The Labute approximate surface area is 106 Å². The lowest BCUT2D eigenvalue weighted by Gasteiger charge is -2.06. The van der Waals surface area contributed by atoms with Crippen molar-refractivity contribution in [1.29, 1.82) is 0 Å². The fraction of sp³-hybridized carbons (Fsp3) is 0.286. The van der Waals surface area contributed by atoms with Crippen molar-refractivity contribution in [3.8, 4) is 0 Å². The summed E-state index contributed by atoms with van der Waals surface area (Å²) in [6, 6.07) is 7.47. The van der Waals surface area contributed by atoms with Gasteiger partial charge in [-0.05, 0) is 19.9 Å². The van der Waals surface area contributed by atoms with Crippen LogP contribution >= 0.6 is 0 Å². The molecule has 0 bridgehead atoms. The molecule has 0 spiro atoms. The van der Waals surface area contributed by atoms with Gasteiger partial charge in [-0.25, -0.2) is 0 Å². The van der Waals surface area contributed by atoms with Crippen molar-refractivity contribution in [3.63, 3.8) is 0 Å². The third kappa shape index (κ3) is 2.14. The molecule has 0 fully saturated rings. The third-order valence-electron chi connectivity index (χ3n) is 2.72. The summed E-state index contributed by atoms with van der Waals surface area (Å²) in [6.45, 7) is 5.29. The smallest absolute Gasteiger partial charge is 0.253 e. The number of fused-ring (bicyclic) bond motifs is 1. The number of carbonyl (C=O) groups is 2. The van der Waals surface area contributed by atoms with E-state index in [-0.39, 0.29) is 17.9 Å². The number of hydrogen-bond donors (Lipinski definition) is 1. The lowest BCUT2D eigenvalue weighted by Crippen LogP contribution is -2.29. The highest BCUT2D eigenvalue weighted by Crippen LogP contribution is 2.21. The third-order valence-corrected chi connectivity index (χ3v) is 2.72. The molecule has 0 radical (unpaired) electrons. The second kappa shape index (κ2) is 4.64. The predicted octanol–water partition coefficient (Wildman–Crippen LogP) is 2.44. The first-order valence-corrected chi connectivity index (χ1v) is 5.92. The van der Waals surface area contributed by atoms with Crippen molar-refractivity contribution in [2.75, 3.05) is 0 Å². The molecule has 2 aromatic rings. The van der Waals surface area contributed by atoms with Gasteiger partial charge in [-0.1, -0.05) is 18.2 Å². The fourth-order valence-electron chi connectivity index (χ4n) is 1.96. The standard InChI is InChI=1S/C14H16N2O2/c1-9(2)15-14(18)12-8-16(10(3)17)13-7-5-4-6-11(12)13/h4-9H,1-3H3,(H,15,18). The summed E-state index contributed by atoms with van der Waals surface area (Å²) in [5.41, 5.74) is 1.30. The maximum atomic E-state index is 12.1. The minimum absolute atomic E-state index is 0.0666. The largest absolute Gasteiger partial charge is 0.350 e. The molecule has 0 aliphatic heterocycles. The van der Waals surface area contributed by atoms with E-state index in [4.69, 9.17) is 0 Å². The summed E-state index contributed by atoms with van der Waals surface area (Å²) in [5.74, 6) is -0.254. The van der Waals surface area contributed by atoms with Crippen LogP contribution in [-0.2, 0) is 0 Å². The van der Waals surface area contributed by atoms with E-state index in [9.17, 15) is 9.59 Å². The Hall–Kier alpha value is -2.10. The average molecular weight is 244 g/mol. The van der Waals surface area contributed by atoms with Crippen molar-refractivity contribution in [3.05, 3.63) is 36.0 Å². The van der Waals surface area contributed by atoms with Gasteiger partial charge in [-0.15, -0.1) is 0 Å². The second-order valence-corrected chi connectivity index (χ2v) is 4.58. The molecular weight excluding hydrogens is 228 g/mol. The number of aromatic nitrogens is 1. The number of benzene rings is 1. The molecule has 1 N–H and O–H groups in total. The zero-order chi connectivity index (χ0) is 13.3. The van der Waals surface area contributed by atoms with Gasteiger partial charge < -0.3 is 5.32 Å². The Morgan fingerprint density at radius 1 is 1.22 bits per heavy atom. The molecule has 1 amide bonds. The van der Waals surface area contributed by atoms with Gasteiger partial charge in [-0.3, -0.25) is 14.2 Å². The molecule has 18 heavy (non-hydrogen) atoms. The molecule has 1 heterocycles. The van der Waals surface area contributed by atoms with Gasteiger partial charge >= 0.3 is 0 Å². The molecule has 0 aliphatic carbocycles. The molecule has 0 saturated carbocycles. The zero-order valence-corrected chi connectivity index (χ0v) is 10.7. The summed E-state index contributed by atoms with van der Waals surface area (Å²) in [6.07, 6.45) is 1.60. The van der Waals surface area contributed by atoms with Gasteiger partial charge in [0.1, 0.15) is 0 Å². The average Bonchev–Trinajstić information content (AvgIpc) is 2.67. The minimum Gasteiger partial charge on any atom is -0.350 e. The minimum atomic E-state index is -0.152. The zero-order valence-electron chi connectivity index (χ0n) is 10.7. The molecule has 0 saturated heterocycles. The molecule has 2 rings (SSSR count). The van der Waals surface area contributed by atoms with Gasteiger partial charge in [0.2, 0.25) is 5.91 Å². The summed E-state index contributed by atoms with van der Waals surface area (Å²) in [5, 5.41) is 3.64. The Morgan fingerprint density at radius 3 is 2.50 bits per heavy atom. The second-order valence-electron chi connectivity index (χ2n) is 4.58. The van der Waals surface area contributed by atoms with Gasteiger partial charge in [0.25, 0.3) is 5.91 Å². The number of amides is 1. The van der Waals surface area contributed by atoms with E-state index < -0.39 is 0 Å². The van der Waals surface area contributed by atoms with Gasteiger partial charge in [0, 0.05) is 24.5 Å². The topological polar surface area (TPSA) is 51.1 Å². The first kappa shape index (κ1) is 12.4. The van der Waals surface area contributed by atoms with Crippen LogP contribution in [0.15, 0.2) is 30.5 Å². The van der Waals surface area contributed by atoms with Gasteiger partial charge in [0.05, 0.1) is 11.1 Å². The quantitative estimate of drug-likeness (QED) is 0.882. The maximum absolute atomic E-state index is 12.1.